The van der Waals surface area contributed by atoms with Gasteiger partial charge in [-0.1, -0.05) is 0 Å². The minimum atomic E-state index is -0.446. The fraction of sp³-hybridized carbons (Fsp3) is 0.625. The number of pyridine rings is 1. The highest BCUT2D eigenvalue weighted by Crippen LogP contribution is 2.37. The van der Waals surface area contributed by atoms with Crippen molar-refractivity contribution in [1.82, 2.24) is 4.68 Å². The number of nitrogens with zero attached hydrogens (tertiary/aromatic N) is 3. The van der Waals surface area contributed by atoms with Crippen LogP contribution in [0, 0.1) is 18.3 Å². The van der Waals surface area contributed by atoms with E-state index < -0.39 is 5.56 Å². The summed E-state index contributed by atoms with van der Waals surface area (Å²) in [4.78, 5) is 12.7. The molecule has 0 spiro atoms. The van der Waals surface area contributed by atoms with E-state index in [1.165, 1.54) is 10.7 Å². The van der Waals surface area contributed by atoms with Crippen LogP contribution < -0.4 is 10.6 Å². The first-order chi connectivity index (χ1) is 9.62. The molecule has 5 nitrogen and oxygen atoms in total. The van der Waals surface area contributed by atoms with Crippen molar-refractivity contribution in [3.63, 3.8) is 0 Å². The van der Waals surface area contributed by atoms with Gasteiger partial charge in [-0.25, -0.2) is 0 Å². The van der Waals surface area contributed by atoms with Crippen molar-refractivity contribution in [3.8, 4) is 11.9 Å². The number of aryl methyl sites for hydroxylation is 1. The van der Waals surface area contributed by atoms with E-state index >= 15 is 0 Å². The smallest absolute Gasteiger partial charge is 0.290 e. The zero-order valence-corrected chi connectivity index (χ0v) is 13.4. The van der Waals surface area contributed by atoms with Gasteiger partial charge in [0.1, 0.15) is 11.6 Å². The molecule has 114 valence electrons. The van der Waals surface area contributed by atoms with E-state index in [0.29, 0.717) is 5.56 Å². The van der Waals surface area contributed by atoms with E-state index in [-0.39, 0.29) is 22.5 Å². The van der Waals surface area contributed by atoms with E-state index in [2.05, 4.69) is 27.7 Å². The number of hydrogen-bond acceptors (Lipinski definition) is 4. The first kappa shape index (κ1) is 15.4. The van der Waals surface area contributed by atoms with Gasteiger partial charge >= 0.3 is 0 Å². The van der Waals surface area contributed by atoms with Crippen LogP contribution in [0.3, 0.4) is 0 Å². The normalized spacial score (nSPS) is 20.1. The van der Waals surface area contributed by atoms with Gasteiger partial charge in [0.15, 0.2) is 0 Å². The molecule has 0 aromatic carbocycles. The Morgan fingerprint density at radius 1 is 1.24 bits per heavy atom. The second-order valence-electron chi connectivity index (χ2n) is 7.08. The average Bonchev–Trinajstić information content (AvgIpc) is 2.32. The van der Waals surface area contributed by atoms with Crippen molar-refractivity contribution in [2.24, 2.45) is 0 Å². The Labute approximate surface area is 125 Å². The summed E-state index contributed by atoms with van der Waals surface area (Å²) >= 11 is 0. The van der Waals surface area contributed by atoms with Crippen molar-refractivity contribution < 1.29 is 5.11 Å². The number of nitriles is 1. The van der Waals surface area contributed by atoms with Gasteiger partial charge in [-0.15, -0.1) is 0 Å². The molecule has 0 unspecified atom stereocenters. The molecule has 2 rings (SSSR count). The number of piperidine rings is 1. The molecule has 0 aliphatic carbocycles. The largest absolute Gasteiger partial charge is 0.493 e. The lowest BCUT2D eigenvalue weighted by Gasteiger charge is -2.54. The number of hydrogen-bond donors (Lipinski definition) is 1. The van der Waals surface area contributed by atoms with Crippen LogP contribution in [0.4, 0.5) is 0 Å². The summed E-state index contributed by atoms with van der Waals surface area (Å²) in [6, 6.07) is 3.44. The SMILES string of the molecule is Cc1cc(O)n(N2C(C)(C)CCCC2(C)C)c(=O)c1C#N. The molecule has 1 N–H and O–H groups in total. The standard InChI is InChI=1S/C16H23N3O2/c1-11-9-13(20)18(14(21)12(11)10-17)19-15(2,3)7-6-8-16(19,4)5/h9,20H,6-8H2,1-5H3. The minimum Gasteiger partial charge on any atom is -0.493 e. The Bertz CT molecular complexity index is 649. The zero-order chi connectivity index (χ0) is 16.0. The molecule has 2 heterocycles. The molecule has 1 aromatic rings. The molecule has 1 fully saturated rings. The summed E-state index contributed by atoms with van der Waals surface area (Å²) in [6.07, 6.45) is 2.93. The molecule has 1 aliphatic heterocycles. The van der Waals surface area contributed by atoms with Crippen LogP contribution in [0.25, 0.3) is 0 Å². The second kappa shape index (κ2) is 4.80. The average molecular weight is 289 g/mol. The summed E-state index contributed by atoms with van der Waals surface area (Å²) in [5.41, 5.74) is -0.400. The third-order valence-electron chi connectivity index (χ3n) is 4.40. The fourth-order valence-corrected chi connectivity index (χ4v) is 3.56. The Morgan fingerprint density at radius 2 is 1.76 bits per heavy atom. The van der Waals surface area contributed by atoms with E-state index in [1.54, 1.807) is 6.92 Å². The number of aromatic nitrogens is 1. The lowest BCUT2D eigenvalue weighted by atomic mass is 9.81. The van der Waals surface area contributed by atoms with Crippen LogP contribution in [0.2, 0.25) is 0 Å². The molecular weight excluding hydrogens is 266 g/mol. The summed E-state index contributed by atoms with van der Waals surface area (Å²) in [6.45, 7) is 9.91. The van der Waals surface area contributed by atoms with Crippen LogP contribution in [0.15, 0.2) is 10.9 Å². The predicted molar refractivity (Wildman–Crippen MR) is 82.0 cm³/mol. The van der Waals surface area contributed by atoms with Crippen LogP contribution in [0.1, 0.15) is 58.1 Å². The molecule has 0 bridgehead atoms. The third kappa shape index (κ3) is 2.39. The molecule has 1 saturated heterocycles. The Hall–Kier alpha value is -1.96. The highest BCUT2D eigenvalue weighted by Gasteiger charge is 2.43. The predicted octanol–water partition coefficient (Wildman–Crippen LogP) is 2.41. The molecule has 0 saturated carbocycles. The first-order valence-corrected chi connectivity index (χ1v) is 7.28. The fourth-order valence-electron chi connectivity index (χ4n) is 3.56. The van der Waals surface area contributed by atoms with Crippen LogP contribution in [-0.2, 0) is 0 Å². The van der Waals surface area contributed by atoms with E-state index in [9.17, 15) is 15.2 Å². The third-order valence-corrected chi connectivity index (χ3v) is 4.40. The highest BCUT2D eigenvalue weighted by molar-refractivity contribution is 5.39. The van der Waals surface area contributed by atoms with E-state index in [0.717, 1.165) is 19.3 Å². The van der Waals surface area contributed by atoms with Gasteiger partial charge in [0.25, 0.3) is 5.56 Å². The van der Waals surface area contributed by atoms with Gasteiger partial charge in [0.2, 0.25) is 5.88 Å². The van der Waals surface area contributed by atoms with Gasteiger partial charge in [0, 0.05) is 6.07 Å². The van der Waals surface area contributed by atoms with Crippen molar-refractivity contribution in [3.05, 3.63) is 27.5 Å². The first-order valence-electron chi connectivity index (χ1n) is 7.28. The van der Waals surface area contributed by atoms with Crippen molar-refractivity contribution in [2.75, 3.05) is 5.01 Å². The molecule has 0 radical (unpaired) electrons. The minimum absolute atomic E-state index is 0.0879. The molecule has 0 atom stereocenters. The van der Waals surface area contributed by atoms with E-state index in [4.69, 9.17) is 0 Å². The molecule has 5 heteroatoms. The van der Waals surface area contributed by atoms with Crippen molar-refractivity contribution in [2.45, 2.75) is 65.0 Å². The van der Waals surface area contributed by atoms with Crippen molar-refractivity contribution >= 4 is 0 Å². The summed E-state index contributed by atoms with van der Waals surface area (Å²) in [7, 11) is 0. The molecular formula is C16H23N3O2. The van der Waals surface area contributed by atoms with E-state index in [1.807, 2.05) is 11.1 Å². The number of rotatable bonds is 1. The molecule has 1 aromatic heterocycles. The second-order valence-corrected chi connectivity index (χ2v) is 7.08. The topological polar surface area (TPSA) is 69.3 Å². The molecule has 21 heavy (non-hydrogen) atoms. The van der Waals surface area contributed by atoms with Crippen LogP contribution in [-0.4, -0.2) is 20.9 Å². The maximum atomic E-state index is 12.7. The van der Waals surface area contributed by atoms with Crippen LogP contribution >= 0.6 is 0 Å². The lowest BCUT2D eigenvalue weighted by molar-refractivity contribution is 0.171. The highest BCUT2D eigenvalue weighted by atomic mass is 16.3. The maximum absolute atomic E-state index is 12.7. The molecule has 0 amide bonds. The van der Waals surface area contributed by atoms with Gasteiger partial charge in [-0.2, -0.15) is 9.94 Å². The lowest BCUT2D eigenvalue weighted by Crippen LogP contribution is -2.66. The van der Waals surface area contributed by atoms with Crippen LogP contribution in [0.5, 0.6) is 5.88 Å². The Morgan fingerprint density at radius 3 is 2.24 bits per heavy atom. The van der Waals surface area contributed by atoms with Gasteiger partial charge in [0.05, 0.1) is 11.1 Å². The number of aromatic hydroxyl groups is 1. The van der Waals surface area contributed by atoms with Gasteiger partial charge in [-0.05, 0) is 59.4 Å². The zero-order valence-electron chi connectivity index (χ0n) is 13.4. The Balaban J connectivity index is 2.76. The summed E-state index contributed by atoms with van der Waals surface area (Å²) in [5.74, 6) is -0.112. The quantitative estimate of drug-likeness (QED) is 0.862. The summed E-state index contributed by atoms with van der Waals surface area (Å²) in [5, 5.41) is 21.5. The van der Waals surface area contributed by atoms with Gasteiger partial charge < -0.3 is 5.11 Å². The Kier molecular flexibility index (Phi) is 3.53. The summed E-state index contributed by atoms with van der Waals surface area (Å²) < 4.78 is 1.28. The monoisotopic (exact) mass is 289 g/mol. The maximum Gasteiger partial charge on any atom is 0.290 e. The molecule has 1 aliphatic rings. The van der Waals surface area contributed by atoms with Crippen molar-refractivity contribution in [1.29, 1.82) is 5.26 Å². The van der Waals surface area contributed by atoms with Gasteiger partial charge in [-0.3, -0.25) is 9.80 Å².